The van der Waals surface area contributed by atoms with Gasteiger partial charge in [0.25, 0.3) is 0 Å². The Morgan fingerprint density at radius 3 is 2.24 bits per heavy atom. The summed E-state index contributed by atoms with van der Waals surface area (Å²) < 4.78 is 46.1. The molecule has 0 saturated heterocycles. The van der Waals surface area contributed by atoms with Crippen molar-refractivity contribution in [3.05, 3.63) is 56.2 Å². The van der Waals surface area contributed by atoms with Gasteiger partial charge < -0.3 is 10.1 Å². The van der Waals surface area contributed by atoms with Crippen molar-refractivity contribution in [3.63, 3.8) is 0 Å². The summed E-state index contributed by atoms with van der Waals surface area (Å²) in [5.41, 5.74) is 0.704. The summed E-state index contributed by atoms with van der Waals surface area (Å²) in [5.74, 6) is -3.30. The highest BCUT2D eigenvalue weighted by Crippen LogP contribution is 2.34. The second-order valence-corrected chi connectivity index (χ2v) is 5.88. The lowest BCUT2D eigenvalue weighted by molar-refractivity contribution is 0.409. The molecule has 2 aromatic rings. The molecule has 2 aromatic carbocycles. The molecule has 0 aliphatic rings. The first-order valence-electron chi connectivity index (χ1n) is 5.83. The molecule has 0 unspecified atom stereocenters. The van der Waals surface area contributed by atoms with Gasteiger partial charge in [-0.1, -0.05) is 0 Å². The van der Waals surface area contributed by atoms with Gasteiger partial charge in [-0.25, -0.2) is 13.2 Å². The zero-order chi connectivity index (χ0) is 15.6. The molecule has 0 atom stereocenters. The number of nitrogens with one attached hydrogen (secondary N) is 1. The molecule has 0 aliphatic carbocycles. The molecule has 112 valence electrons. The normalized spacial score (nSPS) is 10.6. The van der Waals surface area contributed by atoms with Crippen LogP contribution in [0.4, 0.5) is 18.9 Å². The fourth-order valence-electron chi connectivity index (χ4n) is 1.77. The summed E-state index contributed by atoms with van der Waals surface area (Å²) in [6.45, 7) is 0.239. The summed E-state index contributed by atoms with van der Waals surface area (Å²) >= 11 is 6.71. The topological polar surface area (TPSA) is 21.3 Å². The highest BCUT2D eigenvalue weighted by Gasteiger charge is 2.13. The molecule has 0 heterocycles. The molecule has 21 heavy (non-hydrogen) atoms. The molecule has 1 N–H and O–H groups in total. The van der Waals surface area contributed by atoms with Crippen molar-refractivity contribution >= 4 is 37.5 Å². The average Bonchev–Trinajstić information content (AvgIpc) is 2.44. The van der Waals surface area contributed by atoms with E-state index in [0.717, 1.165) is 26.6 Å². The predicted molar refractivity (Wildman–Crippen MR) is 82.0 cm³/mol. The van der Waals surface area contributed by atoms with Crippen molar-refractivity contribution in [2.45, 2.75) is 6.54 Å². The van der Waals surface area contributed by atoms with Crippen molar-refractivity contribution in [2.75, 3.05) is 12.4 Å². The van der Waals surface area contributed by atoms with Crippen LogP contribution in [0.5, 0.6) is 5.75 Å². The van der Waals surface area contributed by atoms with Gasteiger partial charge >= 0.3 is 0 Å². The average molecular weight is 425 g/mol. The van der Waals surface area contributed by atoms with E-state index in [4.69, 9.17) is 4.74 Å². The van der Waals surface area contributed by atoms with Crippen LogP contribution in [0.1, 0.15) is 5.56 Å². The van der Waals surface area contributed by atoms with Crippen molar-refractivity contribution < 1.29 is 17.9 Å². The monoisotopic (exact) mass is 423 g/mol. The van der Waals surface area contributed by atoms with Gasteiger partial charge in [-0.3, -0.25) is 0 Å². The Hall–Kier alpha value is -1.21. The molecule has 0 spiro atoms. The van der Waals surface area contributed by atoms with Crippen LogP contribution in [-0.4, -0.2) is 7.11 Å². The zero-order valence-corrected chi connectivity index (χ0v) is 14.0. The molecule has 0 amide bonds. The zero-order valence-electron chi connectivity index (χ0n) is 10.8. The second kappa shape index (κ2) is 6.70. The Kier molecular flexibility index (Phi) is 5.16. The maximum absolute atomic E-state index is 13.5. The minimum Gasteiger partial charge on any atom is -0.494 e. The van der Waals surface area contributed by atoms with E-state index in [2.05, 4.69) is 37.2 Å². The summed E-state index contributed by atoms with van der Waals surface area (Å²) in [5, 5.41) is 2.73. The fourth-order valence-corrected chi connectivity index (χ4v) is 3.37. The summed E-state index contributed by atoms with van der Waals surface area (Å²) in [4.78, 5) is 0. The van der Waals surface area contributed by atoms with E-state index in [0.29, 0.717) is 5.75 Å². The number of methoxy groups -OCH3 is 1. The number of ether oxygens (including phenoxy) is 1. The highest BCUT2D eigenvalue weighted by atomic mass is 79.9. The Bertz CT molecular complexity index is 657. The van der Waals surface area contributed by atoms with Crippen LogP contribution in [0.3, 0.4) is 0 Å². The molecule has 0 aromatic heterocycles. The van der Waals surface area contributed by atoms with Crippen LogP contribution >= 0.6 is 31.9 Å². The third-order valence-electron chi connectivity index (χ3n) is 2.78. The van der Waals surface area contributed by atoms with E-state index in [9.17, 15) is 13.2 Å². The fraction of sp³-hybridized carbons (Fsp3) is 0.143. The molecular formula is C14H10Br2F3NO. The number of hydrogen-bond donors (Lipinski definition) is 1. The lowest BCUT2D eigenvalue weighted by Gasteiger charge is -2.11. The molecule has 7 heteroatoms. The summed E-state index contributed by atoms with van der Waals surface area (Å²) in [6.07, 6.45) is 0. The van der Waals surface area contributed by atoms with E-state index in [1.807, 2.05) is 0 Å². The molecule has 0 fully saturated rings. The van der Waals surface area contributed by atoms with Crippen molar-refractivity contribution in [1.82, 2.24) is 0 Å². The van der Waals surface area contributed by atoms with Gasteiger partial charge in [0.15, 0.2) is 17.5 Å². The van der Waals surface area contributed by atoms with Crippen LogP contribution in [0.2, 0.25) is 0 Å². The number of hydrogen-bond acceptors (Lipinski definition) is 2. The van der Waals surface area contributed by atoms with Gasteiger partial charge in [0, 0.05) is 6.54 Å². The Morgan fingerprint density at radius 1 is 1.05 bits per heavy atom. The number of halogens is 5. The number of benzene rings is 2. The standard InChI is InChI=1S/C14H10Br2F3NO/c1-21-14-8(15)4-7(5-9(14)16)6-20-11-3-2-10(17)12(18)13(11)19/h2-5,20H,6H2,1H3. The molecule has 2 nitrogen and oxygen atoms in total. The van der Waals surface area contributed by atoms with E-state index < -0.39 is 17.5 Å². The van der Waals surface area contributed by atoms with E-state index in [1.54, 1.807) is 19.2 Å². The van der Waals surface area contributed by atoms with E-state index in [-0.39, 0.29) is 12.2 Å². The third-order valence-corrected chi connectivity index (χ3v) is 3.96. The summed E-state index contributed by atoms with van der Waals surface area (Å²) in [7, 11) is 1.54. The highest BCUT2D eigenvalue weighted by molar-refractivity contribution is 9.11. The molecule has 2 rings (SSSR count). The maximum Gasteiger partial charge on any atom is 0.196 e. The van der Waals surface area contributed by atoms with Crippen LogP contribution in [0, 0.1) is 17.5 Å². The van der Waals surface area contributed by atoms with Gasteiger partial charge in [0.2, 0.25) is 0 Å². The smallest absolute Gasteiger partial charge is 0.196 e. The first kappa shape index (κ1) is 16.2. The predicted octanol–water partition coefficient (Wildman–Crippen LogP) is 5.25. The minimum absolute atomic E-state index is 0.100. The van der Waals surface area contributed by atoms with Crippen molar-refractivity contribution in [2.24, 2.45) is 0 Å². The van der Waals surface area contributed by atoms with Gasteiger partial charge in [-0.2, -0.15) is 0 Å². The van der Waals surface area contributed by atoms with Crippen LogP contribution in [-0.2, 0) is 6.54 Å². The van der Waals surface area contributed by atoms with Crippen LogP contribution in [0.15, 0.2) is 33.2 Å². The van der Waals surface area contributed by atoms with Gasteiger partial charge in [0.1, 0.15) is 5.75 Å². The van der Waals surface area contributed by atoms with E-state index in [1.165, 1.54) is 0 Å². The van der Waals surface area contributed by atoms with Gasteiger partial charge in [-0.15, -0.1) is 0 Å². The summed E-state index contributed by atoms with van der Waals surface area (Å²) in [6, 6.07) is 5.60. The van der Waals surface area contributed by atoms with E-state index >= 15 is 0 Å². The minimum atomic E-state index is -1.49. The van der Waals surface area contributed by atoms with Gasteiger partial charge in [0.05, 0.1) is 21.7 Å². The second-order valence-electron chi connectivity index (χ2n) is 4.17. The van der Waals surface area contributed by atoms with Crippen molar-refractivity contribution in [1.29, 1.82) is 0 Å². The molecule has 0 bridgehead atoms. The number of anilines is 1. The van der Waals surface area contributed by atoms with Crippen molar-refractivity contribution in [3.8, 4) is 5.75 Å². The largest absolute Gasteiger partial charge is 0.494 e. The number of rotatable bonds is 4. The SMILES string of the molecule is COc1c(Br)cc(CNc2ccc(F)c(F)c2F)cc1Br. The Balaban J connectivity index is 2.19. The Labute approximate surface area is 136 Å². The lowest BCUT2D eigenvalue weighted by Crippen LogP contribution is -2.04. The molecule has 0 aliphatic heterocycles. The quantitative estimate of drug-likeness (QED) is 0.677. The Morgan fingerprint density at radius 2 is 1.67 bits per heavy atom. The first-order valence-corrected chi connectivity index (χ1v) is 7.42. The molecule has 0 saturated carbocycles. The molecule has 0 radical (unpaired) electrons. The third kappa shape index (κ3) is 3.52. The lowest BCUT2D eigenvalue weighted by atomic mass is 10.2. The van der Waals surface area contributed by atoms with Crippen LogP contribution in [0.25, 0.3) is 0 Å². The first-order chi connectivity index (χ1) is 9.93. The van der Waals surface area contributed by atoms with Crippen LogP contribution < -0.4 is 10.1 Å². The maximum atomic E-state index is 13.5. The van der Waals surface area contributed by atoms with Gasteiger partial charge in [-0.05, 0) is 61.7 Å². The molecular weight excluding hydrogens is 415 g/mol.